The number of ether oxygens (including phenoxy) is 1. The number of amides is 1. The molecule has 0 unspecified atom stereocenters. The van der Waals surface area contributed by atoms with E-state index in [0.29, 0.717) is 33.2 Å². The largest absolute Gasteiger partial charge is 0.443 e. The van der Waals surface area contributed by atoms with Gasteiger partial charge in [-0.1, -0.05) is 55.1 Å². The standard InChI is InChI=1S/C32H30N6O4S/c1-5-43(40,41)38(31(39)42-32(2,3)4)25-18-23(19-33-21-25)29-36-27-16-11-15-26(22-12-7-6-8-13-22)28(27)30(37-29)35-20-24-14-9-10-17-34-24/h5-19,21H,1,20H2,2-4H3,(H,35,36,37). The fraction of sp³-hybridized carbons (Fsp3) is 0.156. The van der Waals surface area contributed by atoms with Crippen molar-refractivity contribution in [3.63, 3.8) is 0 Å². The van der Waals surface area contributed by atoms with E-state index in [1.807, 2.05) is 66.7 Å². The third-order valence-corrected chi connectivity index (χ3v) is 7.50. The molecular weight excluding hydrogens is 564 g/mol. The normalized spacial score (nSPS) is 11.6. The van der Waals surface area contributed by atoms with Gasteiger partial charge in [-0.05, 0) is 56.2 Å². The molecule has 43 heavy (non-hydrogen) atoms. The number of aromatic nitrogens is 4. The molecule has 0 aliphatic heterocycles. The van der Waals surface area contributed by atoms with Crippen LogP contribution in [0, 0.1) is 0 Å². The molecule has 5 rings (SSSR count). The summed E-state index contributed by atoms with van der Waals surface area (Å²) in [6.45, 7) is 8.70. The molecule has 10 nitrogen and oxygen atoms in total. The first-order valence-electron chi connectivity index (χ1n) is 13.4. The summed E-state index contributed by atoms with van der Waals surface area (Å²) >= 11 is 0. The number of hydrogen-bond acceptors (Lipinski definition) is 9. The van der Waals surface area contributed by atoms with Gasteiger partial charge in [0.25, 0.3) is 10.0 Å². The molecule has 0 saturated carbocycles. The molecule has 5 aromatic rings. The number of anilines is 2. The maximum Gasteiger partial charge on any atom is 0.429 e. The van der Waals surface area contributed by atoms with Gasteiger partial charge >= 0.3 is 6.09 Å². The number of carbonyl (C=O) groups is 1. The Balaban J connectivity index is 1.65. The number of nitrogens with one attached hydrogen (secondary N) is 1. The van der Waals surface area contributed by atoms with Gasteiger partial charge in [-0.2, -0.15) is 4.31 Å². The molecule has 2 aromatic carbocycles. The van der Waals surface area contributed by atoms with Gasteiger partial charge in [0.15, 0.2) is 5.82 Å². The van der Waals surface area contributed by atoms with Crippen LogP contribution in [0.1, 0.15) is 26.5 Å². The van der Waals surface area contributed by atoms with Gasteiger partial charge in [0.2, 0.25) is 0 Å². The Morgan fingerprint density at radius 1 is 0.977 bits per heavy atom. The van der Waals surface area contributed by atoms with Gasteiger partial charge in [-0.25, -0.2) is 23.2 Å². The third-order valence-electron chi connectivity index (χ3n) is 6.21. The number of benzene rings is 2. The number of rotatable bonds is 8. The van der Waals surface area contributed by atoms with Crippen molar-refractivity contribution in [2.45, 2.75) is 32.9 Å². The minimum absolute atomic E-state index is 0.0450. The summed E-state index contributed by atoms with van der Waals surface area (Å²) in [6, 6.07) is 22.9. The molecule has 218 valence electrons. The highest BCUT2D eigenvalue weighted by Crippen LogP contribution is 2.35. The number of fused-ring (bicyclic) bond motifs is 1. The average Bonchev–Trinajstić information content (AvgIpc) is 2.99. The molecule has 0 saturated heterocycles. The van der Waals surface area contributed by atoms with E-state index in [1.54, 1.807) is 27.0 Å². The number of carbonyl (C=O) groups excluding carboxylic acids is 1. The van der Waals surface area contributed by atoms with Crippen LogP contribution in [0.2, 0.25) is 0 Å². The quantitative estimate of drug-likeness (QED) is 0.212. The lowest BCUT2D eigenvalue weighted by Crippen LogP contribution is -2.40. The predicted molar refractivity (Wildman–Crippen MR) is 168 cm³/mol. The van der Waals surface area contributed by atoms with Crippen LogP contribution in [0.3, 0.4) is 0 Å². The monoisotopic (exact) mass is 594 g/mol. The zero-order valence-corrected chi connectivity index (χ0v) is 24.7. The Kier molecular flexibility index (Phi) is 8.18. The zero-order chi connectivity index (χ0) is 30.6. The second kappa shape index (κ2) is 12.0. The maximum atomic E-state index is 13.0. The van der Waals surface area contributed by atoms with Gasteiger partial charge in [0, 0.05) is 23.4 Å². The van der Waals surface area contributed by atoms with Crippen molar-refractivity contribution in [1.29, 1.82) is 0 Å². The molecule has 11 heteroatoms. The second-order valence-corrected chi connectivity index (χ2v) is 12.3. The van der Waals surface area contributed by atoms with Crippen molar-refractivity contribution in [2.24, 2.45) is 0 Å². The highest BCUT2D eigenvalue weighted by Gasteiger charge is 2.32. The van der Waals surface area contributed by atoms with Gasteiger partial charge < -0.3 is 10.1 Å². The molecular formula is C32H30N6O4S. The molecule has 0 atom stereocenters. The highest BCUT2D eigenvalue weighted by molar-refractivity contribution is 7.96. The summed E-state index contributed by atoms with van der Waals surface area (Å²) in [4.78, 5) is 31.4. The average molecular weight is 595 g/mol. The Hall–Kier alpha value is -5.16. The van der Waals surface area contributed by atoms with Gasteiger partial charge in [-0.3, -0.25) is 9.97 Å². The SMILES string of the molecule is C=CS(=O)(=O)N(C(=O)OC(C)(C)C)c1cncc(-c2nc(NCc3ccccn3)c3c(-c4ccccc4)cccc3n2)c1. The Morgan fingerprint density at radius 2 is 1.74 bits per heavy atom. The molecule has 0 spiro atoms. The van der Waals surface area contributed by atoms with Gasteiger partial charge in [0.1, 0.15) is 11.4 Å². The van der Waals surface area contributed by atoms with Crippen LogP contribution in [0.15, 0.2) is 103 Å². The summed E-state index contributed by atoms with van der Waals surface area (Å²) in [6.07, 6.45) is 3.39. The maximum absolute atomic E-state index is 13.0. The molecule has 3 aromatic heterocycles. The molecule has 3 heterocycles. The summed E-state index contributed by atoms with van der Waals surface area (Å²) in [5.74, 6) is 0.828. The smallest absolute Gasteiger partial charge is 0.429 e. The van der Waals surface area contributed by atoms with Crippen molar-refractivity contribution in [1.82, 2.24) is 19.9 Å². The van der Waals surface area contributed by atoms with Crippen LogP contribution in [0.25, 0.3) is 33.4 Å². The molecule has 1 amide bonds. The van der Waals surface area contributed by atoms with Crippen molar-refractivity contribution in [3.05, 3.63) is 109 Å². The van der Waals surface area contributed by atoms with E-state index in [-0.39, 0.29) is 11.5 Å². The van der Waals surface area contributed by atoms with Crippen LogP contribution in [0.5, 0.6) is 0 Å². The Morgan fingerprint density at radius 3 is 2.44 bits per heavy atom. The van der Waals surface area contributed by atoms with Crippen LogP contribution < -0.4 is 9.62 Å². The Bertz CT molecular complexity index is 1890. The van der Waals surface area contributed by atoms with Crippen molar-refractivity contribution >= 4 is 38.5 Å². The van der Waals surface area contributed by atoms with E-state index in [1.165, 1.54) is 18.5 Å². The van der Waals surface area contributed by atoms with Gasteiger partial charge in [0.05, 0.1) is 35.0 Å². The minimum atomic E-state index is -4.28. The van der Waals surface area contributed by atoms with Crippen molar-refractivity contribution < 1.29 is 17.9 Å². The summed E-state index contributed by atoms with van der Waals surface area (Å²) < 4.78 is 31.8. The topological polar surface area (TPSA) is 127 Å². The number of hydrogen-bond donors (Lipinski definition) is 1. The van der Waals surface area contributed by atoms with E-state index in [2.05, 4.69) is 21.9 Å². The summed E-state index contributed by atoms with van der Waals surface area (Å²) in [7, 11) is -4.28. The number of sulfonamides is 1. The fourth-order valence-electron chi connectivity index (χ4n) is 4.37. The van der Waals surface area contributed by atoms with E-state index < -0.39 is 21.7 Å². The lowest BCUT2D eigenvalue weighted by atomic mass is 10.0. The lowest BCUT2D eigenvalue weighted by molar-refractivity contribution is 0.0609. The van der Waals surface area contributed by atoms with E-state index in [9.17, 15) is 13.2 Å². The van der Waals surface area contributed by atoms with Crippen LogP contribution in [-0.2, 0) is 21.3 Å². The lowest BCUT2D eigenvalue weighted by Gasteiger charge is -2.26. The van der Waals surface area contributed by atoms with Crippen LogP contribution in [-0.4, -0.2) is 40.0 Å². The highest BCUT2D eigenvalue weighted by atomic mass is 32.2. The van der Waals surface area contributed by atoms with Crippen molar-refractivity contribution in [2.75, 3.05) is 9.62 Å². The zero-order valence-electron chi connectivity index (χ0n) is 23.9. The number of nitrogens with zero attached hydrogens (tertiary/aromatic N) is 5. The first-order chi connectivity index (χ1) is 20.6. The van der Waals surface area contributed by atoms with Crippen LogP contribution in [0.4, 0.5) is 16.3 Å². The first-order valence-corrected chi connectivity index (χ1v) is 14.9. The van der Waals surface area contributed by atoms with E-state index >= 15 is 0 Å². The molecule has 0 bridgehead atoms. The minimum Gasteiger partial charge on any atom is -0.443 e. The molecule has 0 fully saturated rings. The summed E-state index contributed by atoms with van der Waals surface area (Å²) in [5.41, 5.74) is 2.81. The van der Waals surface area contributed by atoms with Crippen LogP contribution >= 0.6 is 0 Å². The molecule has 0 radical (unpaired) electrons. The third kappa shape index (κ3) is 6.68. The predicted octanol–water partition coefficient (Wildman–Crippen LogP) is 6.58. The number of pyridine rings is 2. The van der Waals surface area contributed by atoms with E-state index in [4.69, 9.17) is 14.7 Å². The van der Waals surface area contributed by atoms with Crippen molar-refractivity contribution in [3.8, 4) is 22.5 Å². The van der Waals surface area contributed by atoms with Gasteiger partial charge in [-0.15, -0.1) is 0 Å². The molecule has 0 aliphatic carbocycles. The first kappa shape index (κ1) is 29.3. The Labute approximate surface area is 250 Å². The van der Waals surface area contributed by atoms with E-state index in [0.717, 1.165) is 22.2 Å². The second-order valence-electron chi connectivity index (χ2n) is 10.5. The molecule has 1 N–H and O–H groups in total. The fourth-order valence-corrected chi connectivity index (χ4v) is 5.16. The summed E-state index contributed by atoms with van der Waals surface area (Å²) in [5, 5.41) is 4.90. The molecule has 0 aliphatic rings.